The standard InChI is InChI=1S/C28H27F3N6O2/c1-39-24-7-2-4-20(14-24)18-34-10-12-35(13-11-34)19-26(38)36-9-8-25(37-27(36)22(16-32)17-33-37)21-5-3-6-23(15-21)28(29,30)31/h2-8,14-15,17H,9-13,18-19H2,1H3. The van der Waals surface area contributed by atoms with Gasteiger partial charge >= 0.3 is 6.18 Å². The van der Waals surface area contributed by atoms with Gasteiger partial charge in [-0.1, -0.05) is 24.3 Å². The zero-order valence-electron chi connectivity index (χ0n) is 21.4. The normalized spacial score (nSPS) is 16.4. The third kappa shape index (κ3) is 5.67. The number of hydrogen-bond acceptors (Lipinski definition) is 6. The second-order valence-electron chi connectivity index (χ2n) is 9.48. The van der Waals surface area contributed by atoms with Crippen LogP contribution < -0.4 is 9.64 Å². The van der Waals surface area contributed by atoms with E-state index >= 15 is 0 Å². The average Bonchev–Trinajstić information content (AvgIpc) is 3.37. The highest BCUT2D eigenvalue weighted by Crippen LogP contribution is 2.34. The van der Waals surface area contributed by atoms with E-state index in [1.807, 2.05) is 18.2 Å². The number of methoxy groups -OCH3 is 1. The van der Waals surface area contributed by atoms with Crippen molar-refractivity contribution in [2.75, 3.05) is 51.3 Å². The van der Waals surface area contributed by atoms with Crippen molar-refractivity contribution < 1.29 is 22.7 Å². The van der Waals surface area contributed by atoms with Gasteiger partial charge in [0, 0.05) is 44.8 Å². The van der Waals surface area contributed by atoms with Crippen molar-refractivity contribution in [1.29, 1.82) is 5.26 Å². The van der Waals surface area contributed by atoms with Crippen LogP contribution in [0.1, 0.15) is 22.3 Å². The van der Waals surface area contributed by atoms with Gasteiger partial charge in [0.15, 0.2) is 5.82 Å². The van der Waals surface area contributed by atoms with E-state index in [2.05, 4.69) is 27.0 Å². The highest BCUT2D eigenvalue weighted by atomic mass is 19.4. The second-order valence-corrected chi connectivity index (χ2v) is 9.48. The Labute approximate surface area is 224 Å². The number of alkyl halides is 3. The number of nitrogens with zero attached hydrogens (tertiary/aromatic N) is 6. The van der Waals surface area contributed by atoms with E-state index in [1.54, 1.807) is 19.3 Å². The van der Waals surface area contributed by atoms with E-state index in [0.29, 0.717) is 24.4 Å². The molecule has 0 saturated carbocycles. The van der Waals surface area contributed by atoms with Crippen LogP contribution in [-0.2, 0) is 17.5 Å². The van der Waals surface area contributed by atoms with Gasteiger partial charge in [-0.3, -0.25) is 19.5 Å². The Morgan fingerprint density at radius 1 is 1.08 bits per heavy atom. The van der Waals surface area contributed by atoms with E-state index in [-0.39, 0.29) is 30.4 Å². The summed E-state index contributed by atoms with van der Waals surface area (Å²) < 4.78 is 46.6. The lowest BCUT2D eigenvalue weighted by Crippen LogP contribution is -2.50. The van der Waals surface area contributed by atoms with Gasteiger partial charge in [-0.25, -0.2) is 4.68 Å². The van der Waals surface area contributed by atoms with Crippen molar-refractivity contribution in [2.24, 2.45) is 0 Å². The third-order valence-corrected chi connectivity index (χ3v) is 6.97. The molecule has 8 nitrogen and oxygen atoms in total. The number of amides is 1. The Bertz CT molecular complexity index is 1430. The quantitative estimate of drug-likeness (QED) is 0.477. The molecule has 0 unspecified atom stereocenters. The Morgan fingerprint density at radius 2 is 1.82 bits per heavy atom. The van der Waals surface area contributed by atoms with Crippen molar-refractivity contribution in [1.82, 2.24) is 19.6 Å². The van der Waals surface area contributed by atoms with Gasteiger partial charge in [-0.15, -0.1) is 0 Å². The summed E-state index contributed by atoms with van der Waals surface area (Å²) in [6.45, 7) is 4.09. The number of carbonyl (C=O) groups is 1. The number of halogens is 3. The maximum absolute atomic E-state index is 13.4. The molecular formula is C28H27F3N6O2. The van der Waals surface area contributed by atoms with Crippen molar-refractivity contribution >= 4 is 17.4 Å². The lowest BCUT2D eigenvalue weighted by molar-refractivity contribution is -0.137. The van der Waals surface area contributed by atoms with E-state index < -0.39 is 11.7 Å². The zero-order chi connectivity index (χ0) is 27.6. The molecule has 0 radical (unpaired) electrons. The number of benzene rings is 2. The molecule has 0 atom stereocenters. The molecule has 0 N–H and O–H groups in total. The van der Waals surface area contributed by atoms with Crippen LogP contribution in [0.2, 0.25) is 0 Å². The summed E-state index contributed by atoms with van der Waals surface area (Å²) in [5.74, 6) is 0.891. The van der Waals surface area contributed by atoms with Gasteiger partial charge in [0.1, 0.15) is 17.4 Å². The number of rotatable bonds is 6. The molecule has 2 aromatic carbocycles. The topological polar surface area (TPSA) is 77.6 Å². The number of piperazine rings is 1. The fourth-order valence-corrected chi connectivity index (χ4v) is 4.93. The molecule has 3 heterocycles. The van der Waals surface area contributed by atoms with Crippen LogP contribution in [0.4, 0.5) is 19.0 Å². The van der Waals surface area contributed by atoms with Gasteiger partial charge in [0.2, 0.25) is 5.91 Å². The van der Waals surface area contributed by atoms with Crippen LogP contribution in [0, 0.1) is 11.3 Å². The molecule has 0 aliphatic carbocycles. The van der Waals surface area contributed by atoms with Crippen LogP contribution >= 0.6 is 0 Å². The first-order valence-electron chi connectivity index (χ1n) is 12.5. The minimum atomic E-state index is -4.49. The average molecular weight is 537 g/mol. The van der Waals surface area contributed by atoms with E-state index in [0.717, 1.165) is 43.1 Å². The van der Waals surface area contributed by atoms with Crippen molar-refractivity contribution in [3.05, 3.63) is 83.1 Å². The summed E-state index contributed by atoms with van der Waals surface area (Å²) in [7, 11) is 1.64. The Morgan fingerprint density at radius 3 is 2.54 bits per heavy atom. The summed E-state index contributed by atoms with van der Waals surface area (Å²) in [5.41, 5.74) is 1.27. The maximum atomic E-state index is 13.4. The number of nitriles is 1. The summed E-state index contributed by atoms with van der Waals surface area (Å²) in [6.07, 6.45) is -1.49. The molecule has 11 heteroatoms. The van der Waals surface area contributed by atoms with Gasteiger partial charge in [0.25, 0.3) is 0 Å². The minimum Gasteiger partial charge on any atom is -0.497 e. The zero-order valence-corrected chi connectivity index (χ0v) is 21.4. The van der Waals surface area contributed by atoms with Crippen LogP contribution in [0.15, 0.2) is 60.8 Å². The molecule has 1 aromatic heterocycles. The summed E-state index contributed by atoms with van der Waals surface area (Å²) in [5, 5.41) is 13.9. The second kappa shape index (κ2) is 10.9. The molecule has 1 amide bonds. The molecule has 3 aromatic rings. The van der Waals surface area contributed by atoms with Crippen molar-refractivity contribution in [3.63, 3.8) is 0 Å². The van der Waals surface area contributed by atoms with Gasteiger partial charge in [-0.2, -0.15) is 23.5 Å². The van der Waals surface area contributed by atoms with Crippen LogP contribution in [0.3, 0.4) is 0 Å². The molecule has 0 spiro atoms. The molecule has 39 heavy (non-hydrogen) atoms. The minimum absolute atomic E-state index is 0.126. The van der Waals surface area contributed by atoms with Crippen LogP contribution in [0.25, 0.3) is 5.70 Å². The Kier molecular flexibility index (Phi) is 7.41. The fourth-order valence-electron chi connectivity index (χ4n) is 4.93. The van der Waals surface area contributed by atoms with Gasteiger partial charge in [0.05, 0.1) is 31.1 Å². The molecule has 202 valence electrons. The number of hydrogen-bond donors (Lipinski definition) is 0. The summed E-state index contributed by atoms with van der Waals surface area (Å²) in [4.78, 5) is 19.3. The molecule has 5 rings (SSSR count). The van der Waals surface area contributed by atoms with Gasteiger partial charge in [-0.05, 0) is 35.9 Å². The predicted octanol–water partition coefficient (Wildman–Crippen LogP) is 3.84. The van der Waals surface area contributed by atoms with Crippen molar-refractivity contribution in [2.45, 2.75) is 12.7 Å². The first-order valence-corrected chi connectivity index (χ1v) is 12.5. The highest BCUT2D eigenvalue weighted by molar-refractivity contribution is 5.97. The molecule has 1 fully saturated rings. The Hall–Kier alpha value is -4.14. The van der Waals surface area contributed by atoms with E-state index in [4.69, 9.17) is 4.74 Å². The maximum Gasteiger partial charge on any atom is 0.416 e. The molecule has 2 aliphatic rings. The summed E-state index contributed by atoms with van der Waals surface area (Å²) in [6, 6.07) is 15.0. The SMILES string of the molecule is COc1cccc(CN2CCN(CC(=O)N3CC=C(c4cccc(C(F)(F)F)c4)n4ncc(C#N)c43)CC2)c1. The number of fused-ring (bicyclic) bond motifs is 1. The summed E-state index contributed by atoms with van der Waals surface area (Å²) >= 11 is 0. The van der Waals surface area contributed by atoms with Crippen LogP contribution in [-0.4, -0.2) is 71.9 Å². The fraction of sp³-hybridized carbons (Fsp3) is 0.321. The highest BCUT2D eigenvalue weighted by Gasteiger charge is 2.33. The van der Waals surface area contributed by atoms with E-state index in [1.165, 1.54) is 21.8 Å². The van der Waals surface area contributed by atoms with Crippen LogP contribution in [0.5, 0.6) is 5.75 Å². The Balaban J connectivity index is 1.27. The van der Waals surface area contributed by atoms with Crippen molar-refractivity contribution in [3.8, 4) is 11.8 Å². The largest absolute Gasteiger partial charge is 0.497 e. The molecule has 1 saturated heterocycles. The first kappa shape index (κ1) is 26.5. The first-order chi connectivity index (χ1) is 18.8. The molecular weight excluding hydrogens is 509 g/mol. The third-order valence-electron chi connectivity index (χ3n) is 6.97. The monoisotopic (exact) mass is 536 g/mol. The predicted molar refractivity (Wildman–Crippen MR) is 139 cm³/mol. The number of carbonyl (C=O) groups excluding carboxylic acids is 1. The lowest BCUT2D eigenvalue weighted by Gasteiger charge is -2.36. The number of anilines is 1. The lowest BCUT2D eigenvalue weighted by atomic mass is 10.1. The molecule has 0 bridgehead atoms. The number of aromatic nitrogens is 2. The molecule has 2 aliphatic heterocycles. The smallest absolute Gasteiger partial charge is 0.416 e. The van der Waals surface area contributed by atoms with E-state index in [9.17, 15) is 23.2 Å². The van der Waals surface area contributed by atoms with Gasteiger partial charge < -0.3 is 4.74 Å². The number of ether oxygens (including phenoxy) is 1.